The zero-order valence-electron chi connectivity index (χ0n) is 10.4. The van der Waals surface area contributed by atoms with Crippen molar-refractivity contribution in [1.29, 1.82) is 0 Å². The molecule has 0 amide bonds. The van der Waals surface area contributed by atoms with Crippen molar-refractivity contribution in [2.24, 2.45) is 0 Å². The lowest BCUT2D eigenvalue weighted by Crippen LogP contribution is -2.07. The molecule has 0 bridgehead atoms. The fourth-order valence-electron chi connectivity index (χ4n) is 1.67. The number of alkyl halides is 2. The van der Waals surface area contributed by atoms with Gasteiger partial charge >= 0.3 is 0 Å². The van der Waals surface area contributed by atoms with Gasteiger partial charge in [-0.1, -0.05) is 17.7 Å². The van der Waals surface area contributed by atoms with Gasteiger partial charge in [0.2, 0.25) is 5.88 Å². The molecule has 0 aliphatic rings. The molecule has 0 radical (unpaired) electrons. The summed E-state index contributed by atoms with van der Waals surface area (Å²) in [6, 6.07) is 4.20. The Kier molecular flexibility index (Phi) is 4.29. The van der Waals surface area contributed by atoms with Crippen LogP contribution in [0.5, 0.6) is 5.88 Å². The van der Waals surface area contributed by atoms with Crippen molar-refractivity contribution < 1.29 is 18.3 Å². The molecular formula is C12H10ClF2N3O2. The fraction of sp³-hybridized carbons (Fsp3) is 0.250. The van der Waals surface area contributed by atoms with Gasteiger partial charge in [-0.3, -0.25) is 0 Å². The van der Waals surface area contributed by atoms with Crippen LogP contribution >= 0.6 is 11.6 Å². The average Bonchev–Trinajstić information content (AvgIpc) is 2.85. The van der Waals surface area contributed by atoms with E-state index in [9.17, 15) is 13.6 Å². The molecule has 0 saturated carbocycles. The number of hydrogen-bond acceptors (Lipinski definition) is 4. The second-order valence-electron chi connectivity index (χ2n) is 3.81. The Balaban J connectivity index is 2.60. The van der Waals surface area contributed by atoms with Crippen molar-refractivity contribution in [2.75, 3.05) is 7.11 Å². The second kappa shape index (κ2) is 5.96. The maximum atomic E-state index is 12.7. The highest BCUT2D eigenvalue weighted by Gasteiger charge is 2.19. The lowest BCUT2D eigenvalue weighted by atomic mass is 10.2. The molecule has 0 aliphatic heterocycles. The first kappa shape index (κ1) is 14.4. The van der Waals surface area contributed by atoms with Crippen LogP contribution in [-0.4, -0.2) is 28.2 Å². The predicted octanol–water partition coefficient (Wildman–Crippen LogP) is 2.61. The molecule has 0 unspecified atom stereocenters. The zero-order chi connectivity index (χ0) is 14.7. The van der Waals surface area contributed by atoms with Gasteiger partial charge in [0, 0.05) is 18.1 Å². The first-order chi connectivity index (χ1) is 9.56. The lowest BCUT2D eigenvalue weighted by Gasteiger charge is -2.09. The summed E-state index contributed by atoms with van der Waals surface area (Å²) in [5, 5.41) is 3.90. The van der Waals surface area contributed by atoms with Crippen molar-refractivity contribution >= 4 is 17.9 Å². The van der Waals surface area contributed by atoms with Gasteiger partial charge in [-0.2, -0.15) is 9.78 Å². The number of carbonyl (C=O) groups excluding carboxylic acids is 1. The number of hydrogen-bond donors (Lipinski definition) is 0. The van der Waals surface area contributed by atoms with Crippen molar-refractivity contribution in [3.05, 3.63) is 34.6 Å². The highest BCUT2D eigenvalue weighted by Crippen LogP contribution is 2.26. The zero-order valence-corrected chi connectivity index (χ0v) is 11.1. The number of ether oxygens (including phenoxy) is 1. The number of pyridine rings is 1. The molecule has 20 heavy (non-hydrogen) atoms. The summed E-state index contributed by atoms with van der Waals surface area (Å²) >= 11 is 5.80. The minimum absolute atomic E-state index is 0.0620. The number of aromatic nitrogens is 3. The first-order valence-electron chi connectivity index (χ1n) is 5.58. The molecule has 2 aromatic rings. The SMILES string of the molecule is COc1cc(C(F)F)nn1-c1nc(Cl)ccc1CC=O. The van der Waals surface area contributed by atoms with Gasteiger partial charge in [0.1, 0.15) is 17.1 Å². The third-order valence-electron chi connectivity index (χ3n) is 2.55. The topological polar surface area (TPSA) is 57.0 Å². The van der Waals surface area contributed by atoms with Gasteiger partial charge in [-0.25, -0.2) is 13.8 Å². The number of nitrogens with zero attached hydrogens (tertiary/aromatic N) is 3. The minimum atomic E-state index is -2.74. The summed E-state index contributed by atoms with van der Waals surface area (Å²) in [4.78, 5) is 14.7. The van der Waals surface area contributed by atoms with Crippen LogP contribution in [0.25, 0.3) is 5.82 Å². The van der Waals surface area contributed by atoms with Gasteiger partial charge in [-0.05, 0) is 6.07 Å². The molecule has 2 heterocycles. The Bertz CT molecular complexity index is 631. The molecule has 0 spiro atoms. The van der Waals surface area contributed by atoms with Crippen molar-refractivity contribution in [2.45, 2.75) is 12.8 Å². The van der Waals surface area contributed by atoms with Crippen LogP contribution in [0.4, 0.5) is 8.78 Å². The van der Waals surface area contributed by atoms with Crippen molar-refractivity contribution in [3.8, 4) is 11.7 Å². The summed E-state index contributed by atoms with van der Waals surface area (Å²) < 4.78 is 31.5. The van der Waals surface area contributed by atoms with Crippen molar-refractivity contribution in [1.82, 2.24) is 14.8 Å². The van der Waals surface area contributed by atoms with E-state index in [2.05, 4.69) is 10.1 Å². The smallest absolute Gasteiger partial charge is 0.282 e. The normalized spacial score (nSPS) is 10.8. The largest absolute Gasteiger partial charge is 0.481 e. The third-order valence-corrected chi connectivity index (χ3v) is 2.76. The Morgan fingerprint density at radius 3 is 2.85 bits per heavy atom. The molecule has 0 saturated heterocycles. The van der Waals surface area contributed by atoms with Gasteiger partial charge in [0.05, 0.1) is 7.11 Å². The number of halogens is 3. The van der Waals surface area contributed by atoms with E-state index >= 15 is 0 Å². The Morgan fingerprint density at radius 2 is 2.25 bits per heavy atom. The van der Waals surface area contributed by atoms with Crippen LogP contribution in [0.1, 0.15) is 17.7 Å². The molecule has 5 nitrogen and oxygen atoms in total. The number of carbonyl (C=O) groups is 1. The first-order valence-corrected chi connectivity index (χ1v) is 5.96. The van der Waals surface area contributed by atoms with Crippen LogP contribution in [0.15, 0.2) is 18.2 Å². The van der Waals surface area contributed by atoms with Crippen LogP contribution in [0.3, 0.4) is 0 Å². The molecule has 8 heteroatoms. The van der Waals surface area contributed by atoms with Crippen LogP contribution in [0, 0.1) is 0 Å². The Labute approximate surface area is 118 Å². The summed E-state index contributed by atoms with van der Waals surface area (Å²) in [6.07, 6.45) is -2.00. The summed E-state index contributed by atoms with van der Waals surface area (Å²) in [6.45, 7) is 0. The highest BCUT2D eigenvalue weighted by molar-refractivity contribution is 6.29. The Morgan fingerprint density at radius 1 is 1.50 bits per heavy atom. The number of methoxy groups -OCH3 is 1. The molecule has 0 aliphatic carbocycles. The summed E-state index contributed by atoms with van der Waals surface area (Å²) in [5.41, 5.74) is 0.0623. The van der Waals surface area contributed by atoms with Gasteiger partial charge in [-0.15, -0.1) is 0 Å². The molecule has 2 aromatic heterocycles. The number of rotatable bonds is 5. The monoisotopic (exact) mass is 301 g/mol. The standard InChI is InChI=1S/C12H10ClF2N3O2/c1-20-10-6-8(11(14)15)17-18(10)12-7(4-5-19)2-3-9(13)16-12/h2-3,5-6,11H,4H2,1H3. The molecule has 0 fully saturated rings. The van der Waals surface area contributed by atoms with Crippen LogP contribution in [-0.2, 0) is 11.2 Å². The van der Waals surface area contributed by atoms with Crippen molar-refractivity contribution in [3.63, 3.8) is 0 Å². The van der Waals surface area contributed by atoms with E-state index in [1.807, 2.05) is 0 Å². The minimum Gasteiger partial charge on any atom is -0.481 e. The lowest BCUT2D eigenvalue weighted by molar-refractivity contribution is -0.107. The van der Waals surface area contributed by atoms with E-state index in [0.29, 0.717) is 11.8 Å². The van der Waals surface area contributed by atoms with Gasteiger partial charge < -0.3 is 9.53 Å². The molecule has 0 aromatic carbocycles. The maximum absolute atomic E-state index is 12.7. The van der Waals surface area contributed by atoms with E-state index in [1.165, 1.54) is 13.2 Å². The summed E-state index contributed by atoms with van der Waals surface area (Å²) in [7, 11) is 1.33. The molecule has 0 atom stereocenters. The molecule has 2 rings (SSSR count). The average molecular weight is 302 g/mol. The van der Waals surface area contributed by atoms with Crippen LogP contribution < -0.4 is 4.74 Å². The fourth-order valence-corrected chi connectivity index (χ4v) is 1.81. The molecular weight excluding hydrogens is 292 g/mol. The van der Waals surface area contributed by atoms with Gasteiger partial charge in [0.25, 0.3) is 6.43 Å². The van der Waals surface area contributed by atoms with Gasteiger partial charge in [0.15, 0.2) is 5.82 Å². The van der Waals surface area contributed by atoms with E-state index in [4.69, 9.17) is 16.3 Å². The van der Waals surface area contributed by atoms with E-state index in [1.54, 1.807) is 6.07 Å². The molecule has 0 N–H and O–H groups in total. The van der Waals surface area contributed by atoms with E-state index in [-0.39, 0.29) is 23.3 Å². The second-order valence-corrected chi connectivity index (χ2v) is 4.20. The van der Waals surface area contributed by atoms with E-state index < -0.39 is 12.1 Å². The van der Waals surface area contributed by atoms with Crippen LogP contribution in [0.2, 0.25) is 5.15 Å². The highest BCUT2D eigenvalue weighted by atomic mass is 35.5. The Hall–Kier alpha value is -2.02. The maximum Gasteiger partial charge on any atom is 0.282 e. The molecule has 106 valence electrons. The predicted molar refractivity (Wildman–Crippen MR) is 67.6 cm³/mol. The van der Waals surface area contributed by atoms with E-state index in [0.717, 1.165) is 10.7 Å². The summed E-state index contributed by atoms with van der Waals surface area (Å²) in [5.74, 6) is 0.274. The quantitative estimate of drug-likeness (QED) is 0.629. The third kappa shape index (κ3) is 2.77. The number of aldehydes is 1.